The monoisotopic (exact) mass is 416 g/mol. The molecule has 2 aromatic heterocycles. The molecule has 0 saturated carbocycles. The fourth-order valence-corrected chi connectivity index (χ4v) is 4.12. The number of hydrogen-bond acceptors (Lipinski definition) is 5. The summed E-state index contributed by atoms with van der Waals surface area (Å²) in [6.07, 6.45) is 1.83. The first-order valence-electron chi connectivity index (χ1n) is 8.89. The van der Waals surface area contributed by atoms with Crippen molar-refractivity contribution >= 4 is 34.7 Å². The minimum Gasteiger partial charge on any atom is -0.353 e. The maximum absolute atomic E-state index is 14.0. The summed E-state index contributed by atoms with van der Waals surface area (Å²) in [6, 6.07) is 8.03. The zero-order valence-corrected chi connectivity index (χ0v) is 16.8. The van der Waals surface area contributed by atoms with E-state index in [-0.39, 0.29) is 11.5 Å². The molecule has 5 nitrogen and oxygen atoms in total. The van der Waals surface area contributed by atoms with Crippen LogP contribution < -0.4 is 4.90 Å². The quantitative estimate of drug-likeness (QED) is 0.639. The minimum absolute atomic E-state index is 0.0159. The van der Waals surface area contributed by atoms with Crippen LogP contribution in [0.25, 0.3) is 10.6 Å². The van der Waals surface area contributed by atoms with Crippen molar-refractivity contribution in [2.24, 2.45) is 0 Å². The first-order chi connectivity index (χ1) is 13.5. The fraction of sp³-hybridized carbons (Fsp3) is 0.250. The van der Waals surface area contributed by atoms with Crippen molar-refractivity contribution in [1.82, 2.24) is 14.9 Å². The van der Waals surface area contributed by atoms with Crippen molar-refractivity contribution in [1.29, 1.82) is 0 Å². The molecule has 3 aromatic rings. The molecule has 1 aliphatic heterocycles. The third-order valence-corrected chi connectivity index (χ3v) is 5.91. The molecule has 3 heterocycles. The molecule has 0 radical (unpaired) electrons. The molecule has 1 saturated heterocycles. The molecule has 0 unspecified atom stereocenters. The predicted molar refractivity (Wildman–Crippen MR) is 110 cm³/mol. The van der Waals surface area contributed by atoms with Crippen LogP contribution in [0.5, 0.6) is 0 Å². The summed E-state index contributed by atoms with van der Waals surface area (Å²) in [5.41, 5.74) is 2.01. The summed E-state index contributed by atoms with van der Waals surface area (Å²) < 4.78 is 14.0. The van der Waals surface area contributed by atoms with Gasteiger partial charge in [-0.2, -0.15) is 0 Å². The van der Waals surface area contributed by atoms with Crippen LogP contribution in [0.3, 0.4) is 0 Å². The van der Waals surface area contributed by atoms with E-state index in [9.17, 15) is 9.18 Å². The highest BCUT2D eigenvalue weighted by Crippen LogP contribution is 2.25. The van der Waals surface area contributed by atoms with Crippen LogP contribution in [0.15, 0.2) is 41.9 Å². The van der Waals surface area contributed by atoms with Crippen molar-refractivity contribution in [3.8, 4) is 10.6 Å². The molecular formula is C20H18ClFN4OS. The van der Waals surface area contributed by atoms with E-state index in [0.717, 1.165) is 22.1 Å². The van der Waals surface area contributed by atoms with Crippen molar-refractivity contribution in [3.63, 3.8) is 0 Å². The standard InChI is InChI=1S/C20H18ClFN4OS/c1-13-12-28-19(24-13)14-2-5-18(23-11-14)25-6-8-26(9-7-25)20(27)16-10-15(21)3-4-17(16)22/h2-5,10-12H,6-9H2,1H3. The Morgan fingerprint density at radius 2 is 1.96 bits per heavy atom. The maximum atomic E-state index is 14.0. The number of nitrogens with zero attached hydrogens (tertiary/aromatic N) is 4. The number of benzene rings is 1. The van der Waals surface area contributed by atoms with Crippen LogP contribution in [0.1, 0.15) is 16.1 Å². The van der Waals surface area contributed by atoms with E-state index in [2.05, 4.69) is 14.9 Å². The van der Waals surface area contributed by atoms with Crippen LogP contribution in [0, 0.1) is 12.7 Å². The number of hydrogen-bond donors (Lipinski definition) is 0. The van der Waals surface area contributed by atoms with E-state index in [1.807, 2.05) is 30.6 Å². The van der Waals surface area contributed by atoms with Gasteiger partial charge in [-0.3, -0.25) is 4.79 Å². The Labute approximate surface area is 171 Å². The third-order valence-electron chi connectivity index (χ3n) is 4.66. The van der Waals surface area contributed by atoms with Gasteiger partial charge >= 0.3 is 0 Å². The second kappa shape index (κ2) is 7.85. The van der Waals surface area contributed by atoms with Crippen molar-refractivity contribution < 1.29 is 9.18 Å². The summed E-state index contributed by atoms with van der Waals surface area (Å²) in [6.45, 7) is 4.24. The number of pyridine rings is 1. The van der Waals surface area contributed by atoms with E-state index >= 15 is 0 Å². The van der Waals surface area contributed by atoms with E-state index < -0.39 is 5.82 Å². The van der Waals surface area contributed by atoms with Crippen LogP contribution in [-0.2, 0) is 0 Å². The van der Waals surface area contributed by atoms with Crippen molar-refractivity contribution in [2.75, 3.05) is 31.1 Å². The lowest BCUT2D eigenvalue weighted by molar-refractivity contribution is 0.0742. The Bertz CT molecular complexity index is 1000. The van der Waals surface area contributed by atoms with E-state index in [1.165, 1.54) is 18.2 Å². The second-order valence-electron chi connectivity index (χ2n) is 6.60. The number of aryl methyl sites for hydroxylation is 1. The molecule has 1 aromatic carbocycles. The number of carbonyl (C=O) groups excluding carboxylic acids is 1. The van der Waals surface area contributed by atoms with Gasteiger partial charge in [0.25, 0.3) is 5.91 Å². The van der Waals surface area contributed by atoms with Crippen molar-refractivity contribution in [2.45, 2.75) is 6.92 Å². The van der Waals surface area contributed by atoms with Crippen LogP contribution in [0.2, 0.25) is 5.02 Å². The highest BCUT2D eigenvalue weighted by molar-refractivity contribution is 7.13. The molecule has 4 rings (SSSR count). The number of aromatic nitrogens is 2. The van der Waals surface area contributed by atoms with E-state index in [1.54, 1.807) is 16.2 Å². The average molecular weight is 417 g/mol. The van der Waals surface area contributed by atoms with Gasteiger partial charge in [-0.15, -0.1) is 11.3 Å². The highest BCUT2D eigenvalue weighted by atomic mass is 35.5. The lowest BCUT2D eigenvalue weighted by atomic mass is 10.1. The molecular weight excluding hydrogens is 399 g/mol. The molecule has 0 N–H and O–H groups in total. The smallest absolute Gasteiger partial charge is 0.257 e. The van der Waals surface area contributed by atoms with Gasteiger partial charge in [-0.05, 0) is 37.3 Å². The fourth-order valence-electron chi connectivity index (χ4n) is 3.16. The Kier molecular flexibility index (Phi) is 5.28. The zero-order valence-electron chi connectivity index (χ0n) is 15.2. The summed E-state index contributed by atoms with van der Waals surface area (Å²) in [7, 11) is 0. The SMILES string of the molecule is Cc1csc(-c2ccc(N3CCN(C(=O)c4cc(Cl)ccc4F)CC3)nc2)n1. The van der Waals surface area contributed by atoms with Gasteiger partial charge in [0.15, 0.2) is 0 Å². The first kappa shape index (κ1) is 18.8. The van der Waals surface area contributed by atoms with Gasteiger partial charge in [0.05, 0.1) is 5.56 Å². The lowest BCUT2D eigenvalue weighted by Crippen LogP contribution is -2.49. The summed E-state index contributed by atoms with van der Waals surface area (Å²) >= 11 is 7.50. The average Bonchev–Trinajstić information content (AvgIpc) is 3.16. The largest absolute Gasteiger partial charge is 0.353 e. The van der Waals surface area contributed by atoms with Crippen LogP contribution in [-0.4, -0.2) is 47.0 Å². The minimum atomic E-state index is -0.550. The molecule has 0 bridgehead atoms. The van der Waals surface area contributed by atoms with Gasteiger partial charge < -0.3 is 9.80 Å². The normalized spacial score (nSPS) is 14.4. The highest BCUT2D eigenvalue weighted by Gasteiger charge is 2.25. The van der Waals surface area contributed by atoms with Gasteiger partial charge in [0.2, 0.25) is 0 Å². The molecule has 144 valence electrons. The molecule has 1 aliphatic rings. The predicted octanol–water partition coefficient (Wildman–Crippen LogP) is 4.27. The zero-order chi connectivity index (χ0) is 19.7. The number of rotatable bonds is 3. The van der Waals surface area contributed by atoms with Gasteiger partial charge in [-0.1, -0.05) is 11.6 Å². The number of piperazine rings is 1. The number of carbonyl (C=O) groups is 1. The molecule has 0 spiro atoms. The Hall–Kier alpha value is -2.51. The topological polar surface area (TPSA) is 49.3 Å². The number of amides is 1. The van der Waals surface area contributed by atoms with Crippen molar-refractivity contribution in [3.05, 3.63) is 64.0 Å². The Morgan fingerprint density at radius 3 is 2.61 bits per heavy atom. The summed E-state index contributed by atoms with van der Waals surface area (Å²) in [5.74, 6) is -0.0216. The second-order valence-corrected chi connectivity index (χ2v) is 7.90. The molecule has 0 aliphatic carbocycles. The number of thiazole rings is 1. The number of anilines is 1. The van der Waals surface area contributed by atoms with Gasteiger partial charge in [0.1, 0.15) is 16.6 Å². The Balaban J connectivity index is 1.41. The maximum Gasteiger partial charge on any atom is 0.257 e. The summed E-state index contributed by atoms with van der Waals surface area (Å²) in [4.78, 5) is 25.4. The Morgan fingerprint density at radius 1 is 1.18 bits per heavy atom. The lowest BCUT2D eigenvalue weighted by Gasteiger charge is -2.35. The van der Waals surface area contributed by atoms with Crippen LogP contribution in [0.4, 0.5) is 10.2 Å². The van der Waals surface area contributed by atoms with E-state index in [0.29, 0.717) is 31.2 Å². The first-order valence-corrected chi connectivity index (χ1v) is 10.1. The van der Waals surface area contributed by atoms with Gasteiger partial charge in [0, 0.05) is 54.0 Å². The summed E-state index contributed by atoms with van der Waals surface area (Å²) in [5, 5.41) is 3.32. The van der Waals surface area contributed by atoms with Gasteiger partial charge in [-0.25, -0.2) is 14.4 Å². The van der Waals surface area contributed by atoms with Crippen LogP contribution >= 0.6 is 22.9 Å². The molecule has 1 fully saturated rings. The molecule has 1 amide bonds. The van der Waals surface area contributed by atoms with E-state index in [4.69, 9.17) is 11.6 Å². The molecule has 28 heavy (non-hydrogen) atoms. The number of halogens is 2. The third kappa shape index (κ3) is 3.86. The molecule has 8 heteroatoms. The molecule has 0 atom stereocenters.